The predicted molar refractivity (Wildman–Crippen MR) is 115 cm³/mol. The molecule has 6 nitrogen and oxygen atoms in total. The molecule has 150 valence electrons. The first-order valence-corrected chi connectivity index (χ1v) is 10.7. The third kappa shape index (κ3) is 4.42. The van der Waals surface area contributed by atoms with Gasteiger partial charge in [0.05, 0.1) is 16.2 Å². The second-order valence-corrected chi connectivity index (χ2v) is 8.52. The minimum absolute atomic E-state index is 0.0753. The Morgan fingerprint density at radius 1 is 1.36 bits per heavy atom. The highest BCUT2D eigenvalue weighted by atomic mass is 35.5. The first-order valence-electron chi connectivity index (χ1n) is 9.43. The van der Waals surface area contributed by atoms with Crippen LogP contribution >= 0.6 is 23.4 Å². The van der Waals surface area contributed by atoms with Crippen molar-refractivity contribution in [1.82, 2.24) is 19.4 Å². The van der Waals surface area contributed by atoms with Crippen LogP contribution in [0, 0.1) is 0 Å². The van der Waals surface area contributed by atoms with Crippen LogP contribution in [0.3, 0.4) is 0 Å². The average Bonchev–Trinajstić information content (AvgIpc) is 2.70. The number of hydrogen-bond donors (Lipinski definition) is 0. The van der Waals surface area contributed by atoms with Crippen LogP contribution < -0.4 is 5.56 Å². The summed E-state index contributed by atoms with van der Waals surface area (Å²) in [5.74, 6) is 0.0753. The lowest BCUT2D eigenvalue weighted by molar-refractivity contribution is -0.132. The SMILES string of the molecule is C=CCn1c(SC(C)C(=O)N2CCN(CC)CC2)nc2cc(Cl)ccc2c1=O. The molecule has 1 atom stereocenters. The molecule has 28 heavy (non-hydrogen) atoms. The molecule has 1 saturated heterocycles. The average molecular weight is 421 g/mol. The summed E-state index contributed by atoms with van der Waals surface area (Å²) >= 11 is 7.38. The molecule has 2 aromatic rings. The number of halogens is 1. The number of piperazine rings is 1. The van der Waals surface area contributed by atoms with E-state index < -0.39 is 0 Å². The van der Waals surface area contributed by atoms with Gasteiger partial charge in [-0.3, -0.25) is 14.2 Å². The maximum atomic E-state index is 12.9. The number of allylic oxidation sites excluding steroid dienone is 1. The molecule has 0 bridgehead atoms. The van der Waals surface area contributed by atoms with Gasteiger partial charge in [-0.15, -0.1) is 6.58 Å². The monoisotopic (exact) mass is 420 g/mol. The Balaban J connectivity index is 1.86. The second-order valence-electron chi connectivity index (χ2n) is 6.78. The minimum Gasteiger partial charge on any atom is -0.339 e. The van der Waals surface area contributed by atoms with E-state index in [1.54, 1.807) is 28.8 Å². The molecule has 2 heterocycles. The lowest BCUT2D eigenvalue weighted by atomic mass is 10.2. The Labute approximate surface area is 174 Å². The zero-order valence-corrected chi connectivity index (χ0v) is 17.8. The van der Waals surface area contributed by atoms with E-state index in [1.165, 1.54) is 11.8 Å². The third-order valence-electron chi connectivity index (χ3n) is 4.96. The summed E-state index contributed by atoms with van der Waals surface area (Å²) in [6.07, 6.45) is 1.66. The quantitative estimate of drug-likeness (QED) is 0.408. The van der Waals surface area contributed by atoms with Crippen LogP contribution in [0.25, 0.3) is 10.9 Å². The number of thioether (sulfide) groups is 1. The predicted octanol–water partition coefficient (Wildman–Crippen LogP) is 2.88. The van der Waals surface area contributed by atoms with E-state index in [-0.39, 0.29) is 16.7 Å². The van der Waals surface area contributed by atoms with Crippen molar-refractivity contribution in [2.75, 3.05) is 32.7 Å². The van der Waals surface area contributed by atoms with Gasteiger partial charge in [0.1, 0.15) is 0 Å². The standard InChI is InChI=1S/C20H25ClN4O2S/c1-4-8-25-19(27)16-7-6-15(21)13-17(16)22-20(25)28-14(3)18(26)24-11-9-23(5-2)10-12-24/h4,6-7,13-14H,1,5,8-12H2,2-3H3. The molecule has 1 fully saturated rings. The van der Waals surface area contributed by atoms with Crippen molar-refractivity contribution in [2.45, 2.75) is 30.8 Å². The Kier molecular flexibility index (Phi) is 6.80. The number of fused-ring (bicyclic) bond motifs is 1. The van der Waals surface area contributed by atoms with E-state index in [0.29, 0.717) is 27.6 Å². The number of nitrogens with zero attached hydrogens (tertiary/aromatic N) is 4. The van der Waals surface area contributed by atoms with Gasteiger partial charge in [0, 0.05) is 37.7 Å². The second kappa shape index (κ2) is 9.11. The smallest absolute Gasteiger partial charge is 0.262 e. The number of benzene rings is 1. The van der Waals surface area contributed by atoms with Crippen molar-refractivity contribution >= 4 is 40.2 Å². The number of carbonyl (C=O) groups is 1. The first-order chi connectivity index (χ1) is 13.4. The first kappa shape index (κ1) is 20.9. The highest BCUT2D eigenvalue weighted by Gasteiger charge is 2.26. The number of hydrogen-bond acceptors (Lipinski definition) is 5. The normalized spacial score (nSPS) is 16.3. The van der Waals surface area contributed by atoms with Gasteiger partial charge >= 0.3 is 0 Å². The van der Waals surface area contributed by atoms with Crippen molar-refractivity contribution in [3.8, 4) is 0 Å². The molecule has 0 aliphatic carbocycles. The summed E-state index contributed by atoms with van der Waals surface area (Å²) in [5.41, 5.74) is 0.386. The molecule has 1 unspecified atom stereocenters. The maximum absolute atomic E-state index is 12.9. The molecular formula is C20H25ClN4O2S. The fourth-order valence-electron chi connectivity index (χ4n) is 3.30. The van der Waals surface area contributed by atoms with Crippen molar-refractivity contribution in [2.24, 2.45) is 0 Å². The summed E-state index contributed by atoms with van der Waals surface area (Å²) in [6, 6.07) is 5.04. The Morgan fingerprint density at radius 2 is 2.07 bits per heavy atom. The molecular weight excluding hydrogens is 396 g/mol. The summed E-state index contributed by atoms with van der Waals surface area (Å²) in [7, 11) is 0. The summed E-state index contributed by atoms with van der Waals surface area (Å²) in [4.78, 5) is 34.6. The molecule has 1 amide bonds. The summed E-state index contributed by atoms with van der Waals surface area (Å²) < 4.78 is 1.56. The molecule has 0 saturated carbocycles. The minimum atomic E-state index is -0.340. The van der Waals surface area contributed by atoms with Crippen LogP contribution in [0.5, 0.6) is 0 Å². The molecule has 3 rings (SSSR count). The van der Waals surface area contributed by atoms with Crippen LogP contribution in [-0.4, -0.2) is 63.2 Å². The number of carbonyl (C=O) groups excluding carboxylic acids is 1. The van der Waals surface area contributed by atoms with Crippen molar-refractivity contribution in [3.63, 3.8) is 0 Å². The molecule has 0 spiro atoms. The number of rotatable bonds is 6. The number of amides is 1. The van der Waals surface area contributed by atoms with E-state index in [2.05, 4.69) is 23.4 Å². The van der Waals surface area contributed by atoms with Crippen LogP contribution in [-0.2, 0) is 11.3 Å². The largest absolute Gasteiger partial charge is 0.339 e. The van der Waals surface area contributed by atoms with Crippen molar-refractivity contribution in [3.05, 3.63) is 46.2 Å². The number of likely N-dealkylation sites (N-methyl/N-ethyl adjacent to an activating group) is 1. The van der Waals surface area contributed by atoms with Gasteiger partial charge in [-0.2, -0.15) is 0 Å². The highest BCUT2D eigenvalue weighted by molar-refractivity contribution is 8.00. The van der Waals surface area contributed by atoms with Gasteiger partial charge in [0.25, 0.3) is 5.56 Å². The summed E-state index contributed by atoms with van der Waals surface area (Å²) in [5, 5.41) is 1.19. The Bertz CT molecular complexity index is 938. The zero-order chi connectivity index (χ0) is 20.3. The van der Waals surface area contributed by atoms with E-state index >= 15 is 0 Å². The van der Waals surface area contributed by atoms with Gasteiger partial charge in [-0.1, -0.05) is 36.4 Å². The molecule has 1 aliphatic rings. The van der Waals surface area contributed by atoms with Crippen molar-refractivity contribution in [1.29, 1.82) is 0 Å². The van der Waals surface area contributed by atoms with Gasteiger partial charge in [0.15, 0.2) is 5.16 Å². The molecule has 1 aromatic heterocycles. The number of aromatic nitrogens is 2. The molecule has 8 heteroatoms. The fourth-order valence-corrected chi connectivity index (χ4v) is 4.47. The molecule has 1 aromatic carbocycles. The van der Waals surface area contributed by atoms with E-state index in [4.69, 9.17) is 11.6 Å². The Hall–Kier alpha value is -1.83. The van der Waals surface area contributed by atoms with Gasteiger partial charge in [0.2, 0.25) is 5.91 Å². The van der Waals surface area contributed by atoms with E-state index in [1.807, 2.05) is 11.8 Å². The third-order valence-corrected chi connectivity index (χ3v) is 6.27. The Morgan fingerprint density at radius 3 is 2.71 bits per heavy atom. The maximum Gasteiger partial charge on any atom is 0.262 e. The van der Waals surface area contributed by atoms with Gasteiger partial charge in [-0.05, 0) is 31.7 Å². The molecule has 0 radical (unpaired) electrons. The zero-order valence-electron chi connectivity index (χ0n) is 16.2. The van der Waals surface area contributed by atoms with Crippen LogP contribution in [0.4, 0.5) is 0 Å². The summed E-state index contributed by atoms with van der Waals surface area (Å²) in [6.45, 7) is 12.3. The highest BCUT2D eigenvalue weighted by Crippen LogP contribution is 2.25. The van der Waals surface area contributed by atoms with E-state index in [0.717, 1.165) is 32.7 Å². The molecule has 0 N–H and O–H groups in total. The van der Waals surface area contributed by atoms with Gasteiger partial charge in [-0.25, -0.2) is 4.98 Å². The van der Waals surface area contributed by atoms with Crippen molar-refractivity contribution < 1.29 is 4.79 Å². The van der Waals surface area contributed by atoms with Crippen LogP contribution in [0.1, 0.15) is 13.8 Å². The topological polar surface area (TPSA) is 58.4 Å². The lowest BCUT2D eigenvalue weighted by Crippen LogP contribution is -2.50. The lowest BCUT2D eigenvalue weighted by Gasteiger charge is -2.35. The molecule has 1 aliphatic heterocycles. The fraction of sp³-hybridized carbons (Fsp3) is 0.450. The van der Waals surface area contributed by atoms with Gasteiger partial charge < -0.3 is 9.80 Å². The van der Waals surface area contributed by atoms with Crippen LogP contribution in [0.2, 0.25) is 5.02 Å². The van der Waals surface area contributed by atoms with Crippen LogP contribution in [0.15, 0.2) is 40.8 Å². The van der Waals surface area contributed by atoms with E-state index in [9.17, 15) is 9.59 Å².